The van der Waals surface area contributed by atoms with Gasteiger partial charge in [-0.2, -0.15) is 0 Å². The molecule has 7 saturated carbocycles. The molecule has 12 heteroatoms. The van der Waals surface area contributed by atoms with Gasteiger partial charge in [-0.1, -0.05) is 86.0 Å². The van der Waals surface area contributed by atoms with Crippen LogP contribution in [-0.4, -0.2) is 73.4 Å². The van der Waals surface area contributed by atoms with Gasteiger partial charge in [0.05, 0.1) is 13.2 Å². The fourth-order valence-corrected chi connectivity index (χ4v) is 18.7. The second-order valence-electron chi connectivity index (χ2n) is 26.1. The van der Waals surface area contributed by atoms with Gasteiger partial charge in [0.1, 0.15) is 24.4 Å². The zero-order valence-corrected chi connectivity index (χ0v) is 48.0. The molecule has 416 valence electrons. The summed E-state index contributed by atoms with van der Waals surface area (Å²) in [5, 5.41) is 0. The lowest BCUT2D eigenvalue weighted by Gasteiger charge is -2.64. The van der Waals surface area contributed by atoms with Crippen molar-refractivity contribution in [1.82, 2.24) is 0 Å². The zero-order chi connectivity index (χ0) is 54.2. The Balaban J connectivity index is 0.000000216. The average Bonchev–Trinajstić information content (AvgIpc) is 3.87. The van der Waals surface area contributed by atoms with Crippen LogP contribution in [0.15, 0.2) is 23.8 Å². The molecule has 0 bridgehead atoms. The maximum absolute atomic E-state index is 12.4. The SMILES string of the molecule is CCOC(=O)/C=C/[C@@H](C)C1=CC[C@H]2[C@@H]3[C@H](OC(C)=O)C[C@@H]4C[C@H](C)CC[C@]4(C)[C@H]3C[C@@H](OC(C)=O)[C@]12C.CCOC(=O)CC[C@@H](C)[C@H]1CC[C@H]2[C@@H]3[C@H](OC(C)=O)C[C@@H]4C[C@H](C)CC[C@]4(C)[C@H]3C[C@@H](OC(C)=O)[C@]12C. The van der Waals surface area contributed by atoms with Gasteiger partial charge in [0.25, 0.3) is 0 Å². The van der Waals surface area contributed by atoms with Crippen LogP contribution in [0.4, 0.5) is 0 Å². The van der Waals surface area contributed by atoms with Gasteiger partial charge in [-0.25, -0.2) is 4.79 Å². The van der Waals surface area contributed by atoms with Gasteiger partial charge in [0, 0.05) is 62.9 Å². The third-order valence-corrected chi connectivity index (χ3v) is 22.0. The number of allylic oxidation sites excluding steroid dienone is 2. The summed E-state index contributed by atoms with van der Waals surface area (Å²) in [6.07, 6.45) is 19.9. The van der Waals surface area contributed by atoms with Gasteiger partial charge < -0.3 is 28.4 Å². The van der Waals surface area contributed by atoms with E-state index in [1.54, 1.807) is 13.8 Å². The molecular weight excluding hydrogens is 937 g/mol. The van der Waals surface area contributed by atoms with Crippen molar-refractivity contribution < 1.29 is 57.2 Å². The summed E-state index contributed by atoms with van der Waals surface area (Å²) in [5.41, 5.74) is 0.931. The van der Waals surface area contributed by atoms with E-state index in [0.29, 0.717) is 72.9 Å². The lowest BCUT2D eigenvalue weighted by molar-refractivity contribution is -0.221. The quantitative estimate of drug-likeness (QED) is 0.0745. The minimum Gasteiger partial charge on any atom is -0.466 e. The number of rotatable bonds is 13. The lowest BCUT2D eigenvalue weighted by Crippen LogP contribution is -2.63. The molecule has 12 nitrogen and oxygen atoms in total. The minimum atomic E-state index is -0.394. The summed E-state index contributed by atoms with van der Waals surface area (Å²) in [4.78, 5) is 73.6. The predicted octanol–water partition coefficient (Wildman–Crippen LogP) is 12.4. The molecule has 0 aromatic heterocycles. The minimum absolute atomic E-state index is 0.0105. The monoisotopic (exact) mass is 1030 g/mol. The molecule has 0 saturated heterocycles. The van der Waals surface area contributed by atoms with Crippen molar-refractivity contribution >= 4 is 35.8 Å². The van der Waals surface area contributed by atoms with E-state index in [1.807, 2.05) is 13.0 Å². The third-order valence-electron chi connectivity index (χ3n) is 22.0. The standard InChI is InChI=1S/C31H50O6.C31H46O6/c2*1-8-35-28(34)12-9-19(3)23-10-11-24-29-25(17-27(31(23,24)7)37-21(5)33)30(6)14-13-18(2)15-22(30)16-26(29)36-20(4)32/h18-19,22-27,29H,8-17H2,1-7H3;9-10,12,18-19,22,24-27,29H,8,11,13-17H2,1-7H3/b;12-9+/t18-,19-,22+,23-,24+,25+,26-,27-,29+,30+,31-;18-,19-,22+,24+,25+,26-,27-,29+,30+,31-/m11/s1. The average molecular weight is 1030 g/mol. The summed E-state index contributed by atoms with van der Waals surface area (Å²) >= 11 is 0. The van der Waals surface area contributed by atoms with Crippen molar-refractivity contribution in [2.24, 2.45) is 98.6 Å². The first kappa shape index (κ1) is 58.0. The van der Waals surface area contributed by atoms with E-state index >= 15 is 0 Å². The highest BCUT2D eigenvalue weighted by Crippen LogP contribution is 2.71. The predicted molar refractivity (Wildman–Crippen MR) is 282 cm³/mol. The van der Waals surface area contributed by atoms with Gasteiger partial charge >= 0.3 is 35.8 Å². The van der Waals surface area contributed by atoms with Crippen LogP contribution in [-0.2, 0) is 57.2 Å². The van der Waals surface area contributed by atoms with Crippen molar-refractivity contribution in [2.45, 2.75) is 218 Å². The van der Waals surface area contributed by atoms with Crippen LogP contribution in [0, 0.1) is 98.6 Å². The van der Waals surface area contributed by atoms with Crippen LogP contribution in [0.25, 0.3) is 0 Å². The van der Waals surface area contributed by atoms with Crippen LogP contribution in [0.2, 0.25) is 0 Å². The van der Waals surface area contributed by atoms with Crippen molar-refractivity contribution in [3.05, 3.63) is 23.8 Å². The van der Waals surface area contributed by atoms with Crippen LogP contribution in [0.3, 0.4) is 0 Å². The van der Waals surface area contributed by atoms with Crippen LogP contribution in [0.1, 0.15) is 193 Å². The summed E-state index contributed by atoms with van der Waals surface area (Å²) < 4.78 is 34.9. The number of carbonyl (C=O) groups is 6. The fourth-order valence-electron chi connectivity index (χ4n) is 18.7. The first-order valence-electron chi connectivity index (χ1n) is 29.2. The summed E-state index contributed by atoms with van der Waals surface area (Å²) in [6, 6.07) is 0. The van der Waals surface area contributed by atoms with Gasteiger partial charge in [-0.3, -0.25) is 24.0 Å². The Hall–Kier alpha value is -3.70. The number of carbonyl (C=O) groups excluding carboxylic acids is 6. The largest absolute Gasteiger partial charge is 0.466 e. The molecule has 0 radical (unpaired) electrons. The Morgan fingerprint density at radius 2 is 1.12 bits per heavy atom. The Kier molecular flexibility index (Phi) is 18.1. The summed E-state index contributed by atoms with van der Waals surface area (Å²) in [5.74, 6) is 3.44. The highest BCUT2D eigenvalue weighted by molar-refractivity contribution is 5.82. The first-order chi connectivity index (χ1) is 34.8. The van der Waals surface area contributed by atoms with E-state index in [1.165, 1.54) is 64.5 Å². The van der Waals surface area contributed by atoms with E-state index in [-0.39, 0.29) is 100 Å². The van der Waals surface area contributed by atoms with E-state index in [4.69, 9.17) is 28.4 Å². The molecule has 0 aromatic rings. The molecule has 0 heterocycles. The zero-order valence-electron chi connectivity index (χ0n) is 48.0. The Labute approximate surface area is 444 Å². The Bertz CT molecular complexity index is 2130. The molecule has 21 atom stereocenters. The van der Waals surface area contributed by atoms with Crippen molar-refractivity contribution in [2.75, 3.05) is 13.2 Å². The highest BCUT2D eigenvalue weighted by atomic mass is 16.6. The van der Waals surface area contributed by atoms with Crippen molar-refractivity contribution in [1.29, 1.82) is 0 Å². The highest BCUT2D eigenvalue weighted by Gasteiger charge is 2.69. The molecule has 8 rings (SSSR count). The van der Waals surface area contributed by atoms with Gasteiger partial charge in [0.2, 0.25) is 0 Å². The topological polar surface area (TPSA) is 158 Å². The molecule has 7 fully saturated rings. The molecule has 0 aliphatic heterocycles. The van der Waals surface area contributed by atoms with Gasteiger partial charge in [0.15, 0.2) is 0 Å². The molecular formula is C62H96O12. The van der Waals surface area contributed by atoms with E-state index in [2.05, 4.69) is 61.5 Å². The number of hydrogen-bond acceptors (Lipinski definition) is 12. The molecule has 0 unspecified atom stereocenters. The maximum atomic E-state index is 12.4. The number of esters is 6. The molecule has 0 N–H and O–H groups in total. The number of hydrogen-bond donors (Lipinski definition) is 0. The maximum Gasteiger partial charge on any atom is 0.330 e. The molecule has 8 aliphatic carbocycles. The van der Waals surface area contributed by atoms with Crippen molar-refractivity contribution in [3.63, 3.8) is 0 Å². The van der Waals surface area contributed by atoms with Crippen LogP contribution >= 0.6 is 0 Å². The normalized spacial score (nSPS) is 42.6. The van der Waals surface area contributed by atoms with Crippen LogP contribution in [0.5, 0.6) is 0 Å². The fraction of sp³-hybridized carbons (Fsp3) is 0.839. The van der Waals surface area contributed by atoms with E-state index in [0.717, 1.165) is 57.8 Å². The second kappa shape index (κ2) is 23.1. The second-order valence-corrected chi connectivity index (χ2v) is 26.1. The van der Waals surface area contributed by atoms with Gasteiger partial charge in [-0.05, 0) is 167 Å². The number of fused-ring (bicyclic) bond motifs is 10. The Morgan fingerprint density at radius 3 is 1.64 bits per heavy atom. The molecule has 8 aliphatic rings. The first-order valence-corrected chi connectivity index (χ1v) is 29.2. The van der Waals surface area contributed by atoms with Crippen LogP contribution < -0.4 is 0 Å². The van der Waals surface area contributed by atoms with E-state index < -0.39 is 5.41 Å². The Morgan fingerprint density at radius 1 is 0.622 bits per heavy atom. The van der Waals surface area contributed by atoms with Crippen molar-refractivity contribution in [3.8, 4) is 0 Å². The van der Waals surface area contributed by atoms with Gasteiger partial charge in [-0.15, -0.1) is 0 Å². The molecule has 0 spiro atoms. The molecule has 0 aromatic carbocycles. The summed E-state index contributed by atoms with van der Waals surface area (Å²) in [7, 11) is 0. The molecule has 74 heavy (non-hydrogen) atoms. The smallest absolute Gasteiger partial charge is 0.330 e. The van der Waals surface area contributed by atoms with E-state index in [9.17, 15) is 28.8 Å². The number of ether oxygens (including phenoxy) is 6. The molecule has 0 amide bonds. The summed E-state index contributed by atoms with van der Waals surface area (Å²) in [6.45, 7) is 29.0. The lowest BCUT2D eigenvalue weighted by atomic mass is 9.42. The third kappa shape index (κ3) is 11.2.